The van der Waals surface area contributed by atoms with Gasteiger partial charge in [-0.05, 0) is 24.0 Å². The van der Waals surface area contributed by atoms with Gasteiger partial charge in [0.15, 0.2) is 6.29 Å². The summed E-state index contributed by atoms with van der Waals surface area (Å²) >= 11 is 0. The average molecular weight is 248 g/mol. The zero-order chi connectivity index (χ0) is 12.6. The van der Waals surface area contributed by atoms with E-state index < -0.39 is 0 Å². The smallest absolute Gasteiger partial charge is 0.158 e. The van der Waals surface area contributed by atoms with Crippen LogP contribution in [-0.2, 0) is 22.7 Å². The predicted molar refractivity (Wildman–Crippen MR) is 73.2 cm³/mol. The Morgan fingerprint density at radius 1 is 0.944 bits per heavy atom. The molecule has 0 radical (unpaired) electrons. The van der Waals surface area contributed by atoms with Gasteiger partial charge in [-0.25, -0.2) is 0 Å². The minimum Gasteiger partial charge on any atom is -0.348 e. The fourth-order valence-corrected chi connectivity index (χ4v) is 2.33. The van der Waals surface area contributed by atoms with Crippen LogP contribution in [0.5, 0.6) is 0 Å². The molecule has 0 saturated carbocycles. The summed E-state index contributed by atoms with van der Waals surface area (Å²) in [6.45, 7) is 3.63. The summed E-state index contributed by atoms with van der Waals surface area (Å²) in [6, 6.07) is 8.38. The molecule has 1 aliphatic rings. The van der Waals surface area contributed by atoms with Gasteiger partial charge in [0.1, 0.15) is 0 Å². The van der Waals surface area contributed by atoms with Crippen molar-refractivity contribution in [2.45, 2.75) is 65.0 Å². The number of hydrogen-bond donors (Lipinski definition) is 0. The number of benzene rings is 1. The number of fused-ring (bicyclic) bond motifs is 1. The van der Waals surface area contributed by atoms with Crippen molar-refractivity contribution in [2.75, 3.05) is 0 Å². The molecular weight excluding hydrogens is 224 g/mol. The minimum absolute atomic E-state index is 0.0148. The summed E-state index contributed by atoms with van der Waals surface area (Å²) in [4.78, 5) is 0. The van der Waals surface area contributed by atoms with Crippen LogP contribution in [0.25, 0.3) is 0 Å². The first-order valence-corrected chi connectivity index (χ1v) is 7.20. The monoisotopic (exact) mass is 248 g/mol. The highest BCUT2D eigenvalue weighted by molar-refractivity contribution is 5.26. The van der Waals surface area contributed by atoms with Crippen molar-refractivity contribution in [2.24, 2.45) is 0 Å². The molecule has 2 nitrogen and oxygen atoms in total. The van der Waals surface area contributed by atoms with E-state index in [0.29, 0.717) is 13.2 Å². The fourth-order valence-electron chi connectivity index (χ4n) is 2.33. The molecule has 0 saturated heterocycles. The molecule has 2 heteroatoms. The van der Waals surface area contributed by atoms with Crippen molar-refractivity contribution in [1.82, 2.24) is 0 Å². The number of hydrogen-bond acceptors (Lipinski definition) is 2. The van der Waals surface area contributed by atoms with Crippen LogP contribution in [0.3, 0.4) is 0 Å². The van der Waals surface area contributed by atoms with E-state index in [1.54, 1.807) is 0 Å². The molecule has 1 aromatic carbocycles. The molecular formula is C16H24O2. The Morgan fingerprint density at radius 3 is 2.17 bits per heavy atom. The first kappa shape index (κ1) is 13.6. The van der Waals surface area contributed by atoms with Gasteiger partial charge in [-0.15, -0.1) is 0 Å². The Kier molecular flexibility index (Phi) is 5.69. The third-order valence-electron chi connectivity index (χ3n) is 3.51. The maximum absolute atomic E-state index is 5.81. The molecule has 0 bridgehead atoms. The highest BCUT2D eigenvalue weighted by Crippen LogP contribution is 2.20. The van der Waals surface area contributed by atoms with E-state index in [1.807, 2.05) is 0 Å². The molecule has 1 aliphatic heterocycles. The quantitative estimate of drug-likeness (QED) is 0.694. The first-order valence-electron chi connectivity index (χ1n) is 7.20. The lowest BCUT2D eigenvalue weighted by Gasteiger charge is -2.14. The molecule has 0 N–H and O–H groups in total. The average Bonchev–Trinajstić information content (AvgIpc) is 2.61. The van der Waals surface area contributed by atoms with Crippen LogP contribution in [-0.4, -0.2) is 6.29 Å². The lowest BCUT2D eigenvalue weighted by atomic mass is 10.1. The summed E-state index contributed by atoms with van der Waals surface area (Å²) in [5.41, 5.74) is 2.54. The second-order valence-corrected chi connectivity index (χ2v) is 5.02. The van der Waals surface area contributed by atoms with E-state index in [2.05, 4.69) is 31.2 Å². The second kappa shape index (κ2) is 7.55. The van der Waals surface area contributed by atoms with Gasteiger partial charge in [-0.1, -0.05) is 56.9 Å². The standard InChI is InChI=1S/C16H24O2/c1-2-3-4-5-6-11-16-17-12-14-9-7-8-10-15(14)13-18-16/h7-10,16H,2-6,11-13H2,1H3. The molecule has 0 amide bonds. The maximum atomic E-state index is 5.81. The molecule has 2 rings (SSSR count). The Morgan fingerprint density at radius 2 is 1.56 bits per heavy atom. The van der Waals surface area contributed by atoms with Gasteiger partial charge in [-0.3, -0.25) is 0 Å². The Balaban J connectivity index is 1.71. The van der Waals surface area contributed by atoms with Gasteiger partial charge in [0.25, 0.3) is 0 Å². The summed E-state index contributed by atoms with van der Waals surface area (Å²) in [6.07, 6.45) is 7.49. The Bertz CT molecular complexity index is 322. The SMILES string of the molecule is CCCCCCCC1OCc2ccccc2CO1. The molecule has 0 spiro atoms. The lowest BCUT2D eigenvalue weighted by molar-refractivity contribution is -0.152. The Hall–Kier alpha value is -0.860. The summed E-state index contributed by atoms with van der Waals surface area (Å²) < 4.78 is 11.6. The van der Waals surface area contributed by atoms with Gasteiger partial charge in [0.2, 0.25) is 0 Å². The van der Waals surface area contributed by atoms with Crippen LogP contribution in [0.15, 0.2) is 24.3 Å². The van der Waals surface area contributed by atoms with E-state index >= 15 is 0 Å². The molecule has 0 aliphatic carbocycles. The van der Waals surface area contributed by atoms with Crippen LogP contribution < -0.4 is 0 Å². The highest BCUT2D eigenvalue weighted by Gasteiger charge is 2.15. The molecule has 0 atom stereocenters. The molecule has 0 fully saturated rings. The Labute approximate surface area is 110 Å². The van der Waals surface area contributed by atoms with E-state index in [4.69, 9.17) is 9.47 Å². The van der Waals surface area contributed by atoms with Crippen molar-refractivity contribution in [1.29, 1.82) is 0 Å². The molecule has 1 aromatic rings. The largest absolute Gasteiger partial charge is 0.348 e. The normalized spacial score (nSPS) is 16.3. The predicted octanol–water partition coefficient (Wildman–Crippen LogP) is 4.42. The van der Waals surface area contributed by atoms with Gasteiger partial charge in [0.05, 0.1) is 13.2 Å². The zero-order valence-electron chi connectivity index (χ0n) is 11.4. The van der Waals surface area contributed by atoms with Crippen LogP contribution in [0, 0.1) is 0 Å². The first-order chi connectivity index (χ1) is 8.90. The van der Waals surface area contributed by atoms with Crippen LogP contribution in [0.2, 0.25) is 0 Å². The minimum atomic E-state index is -0.0148. The maximum Gasteiger partial charge on any atom is 0.158 e. The number of ether oxygens (including phenoxy) is 2. The third-order valence-corrected chi connectivity index (χ3v) is 3.51. The van der Waals surface area contributed by atoms with Crippen molar-refractivity contribution in [3.05, 3.63) is 35.4 Å². The molecule has 0 unspecified atom stereocenters. The molecule has 100 valence electrons. The van der Waals surface area contributed by atoms with E-state index in [0.717, 1.165) is 6.42 Å². The van der Waals surface area contributed by atoms with Gasteiger partial charge >= 0.3 is 0 Å². The second-order valence-electron chi connectivity index (χ2n) is 5.02. The van der Waals surface area contributed by atoms with Crippen LogP contribution in [0.1, 0.15) is 56.6 Å². The van der Waals surface area contributed by atoms with Gasteiger partial charge < -0.3 is 9.47 Å². The van der Waals surface area contributed by atoms with Gasteiger partial charge in [-0.2, -0.15) is 0 Å². The zero-order valence-corrected chi connectivity index (χ0v) is 11.4. The number of rotatable bonds is 6. The molecule has 18 heavy (non-hydrogen) atoms. The summed E-state index contributed by atoms with van der Waals surface area (Å²) in [7, 11) is 0. The van der Waals surface area contributed by atoms with Crippen LogP contribution in [0.4, 0.5) is 0 Å². The highest BCUT2D eigenvalue weighted by atomic mass is 16.7. The van der Waals surface area contributed by atoms with Crippen LogP contribution >= 0.6 is 0 Å². The lowest BCUT2D eigenvalue weighted by Crippen LogP contribution is -2.14. The van der Waals surface area contributed by atoms with Crippen molar-refractivity contribution in [3.8, 4) is 0 Å². The van der Waals surface area contributed by atoms with Gasteiger partial charge in [0, 0.05) is 0 Å². The number of unbranched alkanes of at least 4 members (excludes halogenated alkanes) is 4. The van der Waals surface area contributed by atoms with E-state index in [1.165, 1.54) is 43.2 Å². The summed E-state index contributed by atoms with van der Waals surface area (Å²) in [5, 5.41) is 0. The van der Waals surface area contributed by atoms with E-state index in [9.17, 15) is 0 Å². The fraction of sp³-hybridized carbons (Fsp3) is 0.625. The van der Waals surface area contributed by atoms with Crippen molar-refractivity contribution < 1.29 is 9.47 Å². The third kappa shape index (κ3) is 4.11. The van der Waals surface area contributed by atoms with Crippen molar-refractivity contribution >= 4 is 0 Å². The topological polar surface area (TPSA) is 18.5 Å². The van der Waals surface area contributed by atoms with Crippen molar-refractivity contribution in [3.63, 3.8) is 0 Å². The molecule has 0 aromatic heterocycles. The molecule has 1 heterocycles. The van der Waals surface area contributed by atoms with E-state index in [-0.39, 0.29) is 6.29 Å². The summed E-state index contributed by atoms with van der Waals surface area (Å²) in [5.74, 6) is 0.